The standard InChI is InChI=1S/C17H24N2O/c1-13(2)19-11-8-15(12-19)18-16(20)17(9-10-17)14-6-4-3-5-7-14/h3-7,13,15H,8-12H2,1-2H3,(H,18,20)/t15-/m0/s1. The predicted molar refractivity (Wildman–Crippen MR) is 80.6 cm³/mol. The molecule has 1 aliphatic heterocycles. The van der Waals surface area contributed by atoms with Gasteiger partial charge in [0.2, 0.25) is 5.91 Å². The summed E-state index contributed by atoms with van der Waals surface area (Å²) in [5.41, 5.74) is 0.947. The Kier molecular flexibility index (Phi) is 3.55. The maximum Gasteiger partial charge on any atom is 0.230 e. The van der Waals surface area contributed by atoms with Gasteiger partial charge in [0, 0.05) is 25.2 Å². The molecule has 1 amide bonds. The Bertz CT molecular complexity index is 479. The second-order valence-electron chi connectivity index (χ2n) is 6.50. The number of carbonyl (C=O) groups is 1. The van der Waals surface area contributed by atoms with Gasteiger partial charge in [-0.15, -0.1) is 0 Å². The average Bonchev–Trinajstić information content (AvgIpc) is 3.14. The lowest BCUT2D eigenvalue weighted by Gasteiger charge is -2.22. The molecule has 1 saturated carbocycles. The summed E-state index contributed by atoms with van der Waals surface area (Å²) >= 11 is 0. The minimum atomic E-state index is -0.230. The lowest BCUT2D eigenvalue weighted by molar-refractivity contribution is -0.124. The quantitative estimate of drug-likeness (QED) is 0.912. The van der Waals surface area contributed by atoms with Crippen molar-refractivity contribution in [1.82, 2.24) is 10.2 Å². The molecule has 0 unspecified atom stereocenters. The third-order valence-electron chi connectivity index (χ3n) is 4.80. The zero-order chi connectivity index (χ0) is 14.2. The summed E-state index contributed by atoms with van der Waals surface area (Å²) in [5, 5.41) is 3.28. The van der Waals surface area contributed by atoms with Gasteiger partial charge in [-0.1, -0.05) is 30.3 Å². The summed E-state index contributed by atoms with van der Waals surface area (Å²) < 4.78 is 0. The lowest BCUT2D eigenvalue weighted by atomic mass is 9.94. The van der Waals surface area contributed by atoms with Gasteiger partial charge < -0.3 is 5.32 Å². The van der Waals surface area contributed by atoms with E-state index in [1.165, 1.54) is 5.56 Å². The van der Waals surface area contributed by atoms with Gasteiger partial charge in [-0.3, -0.25) is 9.69 Å². The SMILES string of the molecule is CC(C)N1CC[C@H](NC(=O)C2(c3ccccc3)CC2)C1. The van der Waals surface area contributed by atoms with Crippen LogP contribution in [0.4, 0.5) is 0 Å². The molecule has 108 valence electrons. The van der Waals surface area contributed by atoms with Crippen molar-refractivity contribution < 1.29 is 4.79 Å². The number of rotatable bonds is 4. The summed E-state index contributed by atoms with van der Waals surface area (Å²) in [5.74, 6) is 0.235. The van der Waals surface area contributed by atoms with Gasteiger partial charge >= 0.3 is 0 Å². The minimum absolute atomic E-state index is 0.230. The zero-order valence-corrected chi connectivity index (χ0v) is 12.4. The van der Waals surface area contributed by atoms with E-state index in [1.54, 1.807) is 0 Å². The molecular weight excluding hydrogens is 248 g/mol. The fraction of sp³-hybridized carbons (Fsp3) is 0.588. The Hall–Kier alpha value is -1.35. The summed E-state index contributed by atoms with van der Waals surface area (Å²) in [6.07, 6.45) is 3.06. The number of amides is 1. The van der Waals surface area contributed by atoms with E-state index in [0.717, 1.165) is 32.4 Å². The fourth-order valence-corrected chi connectivity index (χ4v) is 3.23. The Morgan fingerprint density at radius 2 is 2.00 bits per heavy atom. The van der Waals surface area contributed by atoms with Gasteiger partial charge in [-0.05, 0) is 38.7 Å². The number of nitrogens with zero attached hydrogens (tertiary/aromatic N) is 1. The van der Waals surface area contributed by atoms with Crippen LogP contribution < -0.4 is 5.32 Å². The minimum Gasteiger partial charge on any atom is -0.351 e. The number of hydrogen-bond donors (Lipinski definition) is 1. The van der Waals surface area contributed by atoms with Gasteiger partial charge in [0.1, 0.15) is 0 Å². The van der Waals surface area contributed by atoms with Crippen molar-refractivity contribution >= 4 is 5.91 Å². The topological polar surface area (TPSA) is 32.3 Å². The van der Waals surface area contributed by atoms with Crippen LogP contribution >= 0.6 is 0 Å². The van der Waals surface area contributed by atoms with Crippen molar-refractivity contribution in [2.45, 2.75) is 50.6 Å². The molecule has 1 heterocycles. The number of benzene rings is 1. The molecule has 3 heteroatoms. The molecule has 0 aromatic heterocycles. The molecule has 1 aromatic carbocycles. The van der Waals surface area contributed by atoms with Crippen LogP contribution in [0.5, 0.6) is 0 Å². The molecule has 1 atom stereocenters. The van der Waals surface area contributed by atoms with Crippen molar-refractivity contribution in [2.24, 2.45) is 0 Å². The maximum atomic E-state index is 12.6. The van der Waals surface area contributed by atoms with E-state index in [2.05, 4.69) is 36.2 Å². The van der Waals surface area contributed by atoms with Crippen molar-refractivity contribution in [3.63, 3.8) is 0 Å². The zero-order valence-electron chi connectivity index (χ0n) is 12.4. The van der Waals surface area contributed by atoms with Gasteiger partial charge in [0.05, 0.1) is 5.41 Å². The van der Waals surface area contributed by atoms with Crippen LogP contribution in [0.15, 0.2) is 30.3 Å². The number of nitrogens with one attached hydrogen (secondary N) is 1. The van der Waals surface area contributed by atoms with E-state index in [9.17, 15) is 4.79 Å². The highest BCUT2D eigenvalue weighted by Gasteiger charge is 2.51. The first-order chi connectivity index (χ1) is 9.62. The second-order valence-corrected chi connectivity index (χ2v) is 6.50. The normalized spacial score (nSPS) is 24.9. The van der Waals surface area contributed by atoms with Crippen molar-refractivity contribution in [2.75, 3.05) is 13.1 Å². The smallest absolute Gasteiger partial charge is 0.230 e. The Labute approximate surface area is 121 Å². The molecule has 0 spiro atoms. The molecule has 2 aliphatic rings. The lowest BCUT2D eigenvalue weighted by Crippen LogP contribution is -2.43. The first-order valence-corrected chi connectivity index (χ1v) is 7.72. The van der Waals surface area contributed by atoms with Crippen LogP contribution in [0.25, 0.3) is 0 Å². The largest absolute Gasteiger partial charge is 0.351 e. The Morgan fingerprint density at radius 3 is 2.55 bits per heavy atom. The molecular formula is C17H24N2O. The predicted octanol–water partition coefficient (Wildman–Crippen LogP) is 2.32. The van der Waals surface area contributed by atoms with Crippen LogP contribution in [0.2, 0.25) is 0 Å². The van der Waals surface area contributed by atoms with Gasteiger partial charge in [-0.2, -0.15) is 0 Å². The van der Waals surface area contributed by atoms with Crippen molar-refractivity contribution in [3.05, 3.63) is 35.9 Å². The van der Waals surface area contributed by atoms with Crippen LogP contribution in [0.3, 0.4) is 0 Å². The van der Waals surface area contributed by atoms with E-state index in [1.807, 2.05) is 18.2 Å². The van der Waals surface area contributed by atoms with Crippen LogP contribution in [-0.2, 0) is 10.2 Å². The molecule has 2 fully saturated rings. The Morgan fingerprint density at radius 1 is 1.30 bits per heavy atom. The third kappa shape index (κ3) is 2.47. The summed E-state index contributed by atoms with van der Waals surface area (Å²) in [7, 11) is 0. The van der Waals surface area contributed by atoms with E-state index in [4.69, 9.17) is 0 Å². The van der Waals surface area contributed by atoms with E-state index < -0.39 is 0 Å². The summed E-state index contributed by atoms with van der Waals surface area (Å²) in [4.78, 5) is 15.1. The van der Waals surface area contributed by atoms with Crippen LogP contribution in [0.1, 0.15) is 38.7 Å². The summed E-state index contributed by atoms with van der Waals surface area (Å²) in [6.45, 7) is 6.53. The molecule has 0 bridgehead atoms. The molecule has 3 nitrogen and oxygen atoms in total. The monoisotopic (exact) mass is 272 g/mol. The van der Waals surface area contributed by atoms with Crippen LogP contribution in [-0.4, -0.2) is 36.0 Å². The molecule has 0 radical (unpaired) electrons. The van der Waals surface area contributed by atoms with E-state index in [-0.39, 0.29) is 11.3 Å². The van der Waals surface area contributed by atoms with Gasteiger partial charge in [0.25, 0.3) is 0 Å². The average molecular weight is 272 g/mol. The molecule has 1 N–H and O–H groups in total. The van der Waals surface area contributed by atoms with Crippen molar-refractivity contribution in [1.29, 1.82) is 0 Å². The highest BCUT2D eigenvalue weighted by atomic mass is 16.2. The molecule has 1 aliphatic carbocycles. The highest BCUT2D eigenvalue weighted by molar-refractivity contribution is 5.91. The third-order valence-corrected chi connectivity index (χ3v) is 4.80. The maximum absolute atomic E-state index is 12.6. The molecule has 3 rings (SSSR count). The molecule has 1 saturated heterocycles. The first-order valence-electron chi connectivity index (χ1n) is 7.72. The Balaban J connectivity index is 1.63. The number of hydrogen-bond acceptors (Lipinski definition) is 2. The van der Waals surface area contributed by atoms with E-state index in [0.29, 0.717) is 12.1 Å². The number of carbonyl (C=O) groups excluding carboxylic acids is 1. The van der Waals surface area contributed by atoms with Gasteiger partial charge in [0.15, 0.2) is 0 Å². The fourth-order valence-electron chi connectivity index (χ4n) is 3.23. The summed E-state index contributed by atoms with van der Waals surface area (Å²) in [6, 6.07) is 11.1. The van der Waals surface area contributed by atoms with Crippen LogP contribution in [0, 0.1) is 0 Å². The molecule has 20 heavy (non-hydrogen) atoms. The van der Waals surface area contributed by atoms with Gasteiger partial charge in [-0.25, -0.2) is 0 Å². The van der Waals surface area contributed by atoms with Crippen molar-refractivity contribution in [3.8, 4) is 0 Å². The second kappa shape index (κ2) is 5.21. The number of likely N-dealkylation sites (tertiary alicyclic amines) is 1. The first kappa shape index (κ1) is 13.6. The van der Waals surface area contributed by atoms with E-state index >= 15 is 0 Å². The highest BCUT2D eigenvalue weighted by Crippen LogP contribution is 2.48. The molecule has 1 aromatic rings.